The molecule has 118 valence electrons. The minimum atomic E-state index is -0.504. The summed E-state index contributed by atoms with van der Waals surface area (Å²) in [5.41, 5.74) is 0.999. The lowest BCUT2D eigenvalue weighted by molar-refractivity contribution is -0.123. The SMILES string of the molecule is CC(=O)CC(=O)/C=C/c1ccc(OCc2ccccn2)cc1F. The number of carbonyl (C=O) groups is 2. The summed E-state index contributed by atoms with van der Waals surface area (Å²) in [6.07, 6.45) is 4.03. The van der Waals surface area contributed by atoms with Crippen molar-refractivity contribution in [2.24, 2.45) is 0 Å². The molecule has 0 spiro atoms. The third kappa shape index (κ3) is 5.47. The number of ether oxygens (including phenoxy) is 1. The fraction of sp³-hybridized carbons (Fsp3) is 0.167. The number of halogens is 1. The summed E-state index contributed by atoms with van der Waals surface area (Å²) in [7, 11) is 0. The number of nitrogens with zero attached hydrogens (tertiary/aromatic N) is 1. The van der Waals surface area contributed by atoms with Crippen LogP contribution in [0.1, 0.15) is 24.6 Å². The Hall–Kier alpha value is -2.82. The van der Waals surface area contributed by atoms with Crippen LogP contribution in [0, 0.1) is 5.82 Å². The number of aromatic nitrogens is 1. The number of hydrogen-bond acceptors (Lipinski definition) is 4. The first-order chi connectivity index (χ1) is 11.0. The van der Waals surface area contributed by atoms with E-state index in [4.69, 9.17) is 4.74 Å². The summed E-state index contributed by atoms with van der Waals surface area (Å²) < 4.78 is 19.4. The summed E-state index contributed by atoms with van der Waals surface area (Å²) in [4.78, 5) is 26.3. The van der Waals surface area contributed by atoms with Crippen molar-refractivity contribution in [2.45, 2.75) is 20.0 Å². The van der Waals surface area contributed by atoms with Gasteiger partial charge in [0.25, 0.3) is 0 Å². The van der Waals surface area contributed by atoms with Gasteiger partial charge in [-0.15, -0.1) is 0 Å². The van der Waals surface area contributed by atoms with Gasteiger partial charge >= 0.3 is 0 Å². The van der Waals surface area contributed by atoms with Gasteiger partial charge in [-0.2, -0.15) is 0 Å². The van der Waals surface area contributed by atoms with Crippen LogP contribution in [-0.4, -0.2) is 16.6 Å². The molecule has 0 N–H and O–H groups in total. The van der Waals surface area contributed by atoms with Crippen LogP contribution < -0.4 is 4.74 Å². The molecule has 0 aliphatic rings. The molecule has 0 aliphatic heterocycles. The summed E-state index contributed by atoms with van der Waals surface area (Å²) >= 11 is 0. The molecule has 0 unspecified atom stereocenters. The van der Waals surface area contributed by atoms with Crippen LogP contribution in [0.25, 0.3) is 6.08 Å². The third-order valence-electron chi connectivity index (χ3n) is 2.96. The van der Waals surface area contributed by atoms with Crippen LogP contribution in [0.4, 0.5) is 4.39 Å². The summed E-state index contributed by atoms with van der Waals surface area (Å²) in [5, 5.41) is 0. The van der Waals surface area contributed by atoms with Gasteiger partial charge in [0, 0.05) is 17.8 Å². The van der Waals surface area contributed by atoms with E-state index in [9.17, 15) is 14.0 Å². The second-order valence-electron chi connectivity index (χ2n) is 4.97. The molecule has 0 amide bonds. The first-order valence-electron chi connectivity index (χ1n) is 7.07. The van der Waals surface area contributed by atoms with Crippen molar-refractivity contribution in [1.82, 2.24) is 4.98 Å². The average molecular weight is 313 g/mol. The number of hydrogen-bond donors (Lipinski definition) is 0. The highest BCUT2D eigenvalue weighted by atomic mass is 19.1. The molecule has 0 radical (unpaired) electrons. The smallest absolute Gasteiger partial charge is 0.163 e. The normalized spacial score (nSPS) is 10.7. The van der Waals surface area contributed by atoms with Crippen molar-refractivity contribution in [3.63, 3.8) is 0 Å². The Kier molecular flexibility index (Phi) is 5.74. The Bertz CT molecular complexity index is 726. The van der Waals surface area contributed by atoms with E-state index < -0.39 is 5.82 Å². The maximum atomic E-state index is 14.0. The number of rotatable bonds is 7. The van der Waals surface area contributed by atoms with E-state index in [1.54, 1.807) is 18.3 Å². The minimum Gasteiger partial charge on any atom is -0.487 e. The molecule has 1 heterocycles. The van der Waals surface area contributed by atoms with E-state index in [0.29, 0.717) is 5.75 Å². The molecule has 5 heteroatoms. The second kappa shape index (κ2) is 7.98. The van der Waals surface area contributed by atoms with Crippen LogP contribution in [0.5, 0.6) is 5.75 Å². The Morgan fingerprint density at radius 1 is 1.26 bits per heavy atom. The molecule has 1 aromatic carbocycles. The largest absolute Gasteiger partial charge is 0.487 e. The molecular weight excluding hydrogens is 297 g/mol. The van der Waals surface area contributed by atoms with Gasteiger partial charge in [0.15, 0.2) is 5.78 Å². The van der Waals surface area contributed by atoms with Gasteiger partial charge in [0.1, 0.15) is 24.0 Å². The third-order valence-corrected chi connectivity index (χ3v) is 2.96. The Balaban J connectivity index is 1.99. The van der Waals surface area contributed by atoms with Gasteiger partial charge in [-0.05, 0) is 43.3 Å². The van der Waals surface area contributed by atoms with Crippen molar-refractivity contribution >= 4 is 17.6 Å². The first-order valence-corrected chi connectivity index (χ1v) is 7.07. The second-order valence-corrected chi connectivity index (χ2v) is 4.97. The zero-order valence-electron chi connectivity index (χ0n) is 12.7. The molecule has 2 aromatic rings. The zero-order valence-corrected chi connectivity index (χ0v) is 12.7. The molecule has 4 nitrogen and oxygen atoms in total. The number of pyridine rings is 1. The van der Waals surface area contributed by atoms with Crippen LogP contribution in [-0.2, 0) is 16.2 Å². The molecule has 0 aliphatic carbocycles. The summed E-state index contributed by atoms with van der Waals surface area (Å²) in [6.45, 7) is 1.58. The highest BCUT2D eigenvalue weighted by molar-refractivity contribution is 6.05. The fourth-order valence-electron chi connectivity index (χ4n) is 1.86. The molecule has 0 fully saturated rings. The maximum absolute atomic E-state index is 14.0. The summed E-state index contributed by atoms with van der Waals surface area (Å²) in [6, 6.07) is 9.84. The predicted molar refractivity (Wildman–Crippen MR) is 84.3 cm³/mol. The number of Topliss-reactive ketones (excluding diaryl/α,β-unsaturated/α-hetero) is 1. The van der Waals surface area contributed by atoms with Crippen molar-refractivity contribution < 1.29 is 18.7 Å². The van der Waals surface area contributed by atoms with Crippen LogP contribution in [0.2, 0.25) is 0 Å². The van der Waals surface area contributed by atoms with Crippen molar-refractivity contribution in [3.05, 3.63) is 65.7 Å². The summed E-state index contributed by atoms with van der Waals surface area (Å²) in [5.74, 6) is -0.707. The van der Waals surface area contributed by atoms with Crippen LogP contribution in [0.15, 0.2) is 48.7 Å². The van der Waals surface area contributed by atoms with Gasteiger partial charge in [0.05, 0.1) is 12.1 Å². The predicted octanol–water partition coefficient (Wildman–Crippen LogP) is 3.36. The van der Waals surface area contributed by atoms with Gasteiger partial charge in [-0.3, -0.25) is 14.6 Å². The molecule has 0 saturated carbocycles. The van der Waals surface area contributed by atoms with Gasteiger partial charge in [-0.25, -0.2) is 4.39 Å². The quantitative estimate of drug-likeness (QED) is 0.581. The van der Waals surface area contributed by atoms with Crippen LogP contribution >= 0.6 is 0 Å². The molecule has 0 bridgehead atoms. The minimum absolute atomic E-state index is 0.177. The maximum Gasteiger partial charge on any atom is 0.163 e. The Morgan fingerprint density at radius 2 is 2.09 bits per heavy atom. The standard InChI is InChI=1S/C18H16FNO3/c1-13(21)10-16(22)7-5-14-6-8-17(11-18(14)19)23-12-15-4-2-3-9-20-15/h2-9,11H,10,12H2,1H3/b7-5+. The lowest BCUT2D eigenvalue weighted by Gasteiger charge is -2.06. The molecule has 2 rings (SSSR count). The van der Waals surface area contributed by atoms with Gasteiger partial charge in [0.2, 0.25) is 0 Å². The zero-order chi connectivity index (χ0) is 16.7. The molecule has 0 saturated heterocycles. The van der Waals surface area contributed by atoms with E-state index in [0.717, 1.165) is 5.69 Å². The molecule has 1 aromatic heterocycles. The molecule has 0 atom stereocenters. The highest BCUT2D eigenvalue weighted by Crippen LogP contribution is 2.18. The lowest BCUT2D eigenvalue weighted by atomic mass is 10.1. The van der Waals surface area contributed by atoms with Crippen molar-refractivity contribution in [3.8, 4) is 5.75 Å². The van der Waals surface area contributed by atoms with E-state index in [1.807, 2.05) is 12.1 Å². The average Bonchev–Trinajstić information content (AvgIpc) is 2.52. The number of carbonyl (C=O) groups excluding carboxylic acids is 2. The highest BCUT2D eigenvalue weighted by Gasteiger charge is 2.05. The number of allylic oxidation sites excluding steroid dienone is 1. The Labute approximate surface area is 133 Å². The van der Waals surface area contributed by atoms with E-state index in [1.165, 1.54) is 31.2 Å². The number of benzene rings is 1. The lowest BCUT2D eigenvalue weighted by Crippen LogP contribution is -2.00. The van der Waals surface area contributed by atoms with Crippen LogP contribution in [0.3, 0.4) is 0 Å². The fourth-order valence-corrected chi connectivity index (χ4v) is 1.86. The topological polar surface area (TPSA) is 56.3 Å². The number of ketones is 2. The first kappa shape index (κ1) is 16.5. The monoisotopic (exact) mass is 313 g/mol. The molecular formula is C18H16FNO3. The molecule has 23 heavy (non-hydrogen) atoms. The van der Waals surface area contributed by atoms with E-state index >= 15 is 0 Å². The van der Waals surface area contributed by atoms with Gasteiger partial charge in [-0.1, -0.05) is 6.07 Å². The van der Waals surface area contributed by atoms with Gasteiger partial charge < -0.3 is 4.74 Å². The van der Waals surface area contributed by atoms with Crippen molar-refractivity contribution in [1.29, 1.82) is 0 Å². The van der Waals surface area contributed by atoms with Crippen molar-refractivity contribution in [2.75, 3.05) is 0 Å². The Morgan fingerprint density at radius 3 is 2.74 bits per heavy atom. The van der Waals surface area contributed by atoms with E-state index in [2.05, 4.69) is 4.98 Å². The van der Waals surface area contributed by atoms with E-state index in [-0.39, 0.29) is 30.2 Å².